The van der Waals surface area contributed by atoms with Crippen molar-refractivity contribution in [3.05, 3.63) is 33.8 Å². The van der Waals surface area contributed by atoms with E-state index in [2.05, 4.69) is 27.5 Å². The lowest BCUT2D eigenvalue weighted by atomic mass is 9.88. The van der Waals surface area contributed by atoms with E-state index in [0.29, 0.717) is 0 Å². The van der Waals surface area contributed by atoms with Crippen molar-refractivity contribution in [2.75, 3.05) is 12.8 Å². The van der Waals surface area contributed by atoms with Crippen LogP contribution in [0.2, 0.25) is 0 Å². The Bertz CT molecular complexity index is 483. The van der Waals surface area contributed by atoms with Gasteiger partial charge in [0.1, 0.15) is 0 Å². The molecule has 1 amide bonds. The Balaban J connectivity index is 2.02. The van der Waals surface area contributed by atoms with E-state index in [-0.39, 0.29) is 10.7 Å². The summed E-state index contributed by atoms with van der Waals surface area (Å²) in [4.78, 5) is 12.4. The van der Waals surface area contributed by atoms with E-state index in [9.17, 15) is 4.79 Å². The van der Waals surface area contributed by atoms with Crippen molar-refractivity contribution >= 4 is 33.6 Å². The fourth-order valence-corrected chi connectivity index (χ4v) is 4.14. The summed E-state index contributed by atoms with van der Waals surface area (Å²) in [6.45, 7) is 2.78. The highest BCUT2D eigenvalue weighted by atomic mass is 79.9. The first kappa shape index (κ1) is 15.9. The molecule has 0 unspecified atom stereocenters. The van der Waals surface area contributed by atoms with Gasteiger partial charge >= 0.3 is 0 Å². The van der Waals surface area contributed by atoms with Gasteiger partial charge in [-0.2, -0.15) is 11.8 Å². The molecule has 1 aromatic carbocycles. The van der Waals surface area contributed by atoms with Crippen LogP contribution in [0.5, 0.6) is 0 Å². The Morgan fingerprint density at radius 1 is 1.35 bits per heavy atom. The van der Waals surface area contributed by atoms with Crippen LogP contribution >= 0.6 is 27.7 Å². The number of thioether (sulfide) groups is 1. The molecule has 0 radical (unpaired) electrons. The number of rotatable bonds is 4. The Kier molecular flexibility index (Phi) is 5.56. The van der Waals surface area contributed by atoms with Gasteiger partial charge in [-0.25, -0.2) is 0 Å². The number of nitrogens with one attached hydrogen (secondary N) is 1. The second kappa shape index (κ2) is 6.99. The van der Waals surface area contributed by atoms with Gasteiger partial charge in [0.05, 0.1) is 5.56 Å². The lowest BCUT2D eigenvalue weighted by Crippen LogP contribution is -2.41. The molecule has 1 aliphatic carbocycles. The minimum Gasteiger partial charge on any atom is -0.351 e. The number of hydrogen-bond acceptors (Lipinski definition) is 2. The van der Waals surface area contributed by atoms with Gasteiger partial charge in [0.15, 0.2) is 0 Å². The molecule has 0 saturated heterocycles. The van der Waals surface area contributed by atoms with Crippen LogP contribution in [-0.2, 0) is 0 Å². The van der Waals surface area contributed by atoms with Crippen LogP contribution in [0.1, 0.15) is 48.0 Å². The van der Waals surface area contributed by atoms with Gasteiger partial charge in [-0.1, -0.05) is 30.9 Å². The average molecular weight is 356 g/mol. The average Bonchev–Trinajstić information content (AvgIpc) is 2.48. The Morgan fingerprint density at radius 3 is 2.70 bits per heavy atom. The third-order valence-electron chi connectivity index (χ3n) is 4.14. The van der Waals surface area contributed by atoms with Crippen LogP contribution in [-0.4, -0.2) is 23.5 Å². The number of hydrogen-bond donors (Lipinski definition) is 1. The fraction of sp³-hybridized carbons (Fsp3) is 0.562. The molecule has 1 saturated carbocycles. The first-order chi connectivity index (χ1) is 9.56. The zero-order valence-electron chi connectivity index (χ0n) is 12.2. The molecular weight excluding hydrogens is 334 g/mol. The predicted molar refractivity (Wildman–Crippen MR) is 90.5 cm³/mol. The lowest BCUT2D eigenvalue weighted by Gasteiger charge is -2.35. The highest BCUT2D eigenvalue weighted by Crippen LogP contribution is 2.38. The molecular formula is C16H22BrNOS. The Labute approximate surface area is 134 Å². The van der Waals surface area contributed by atoms with Crippen LogP contribution < -0.4 is 5.32 Å². The van der Waals surface area contributed by atoms with Crippen LogP contribution in [0.25, 0.3) is 0 Å². The van der Waals surface area contributed by atoms with E-state index < -0.39 is 0 Å². The lowest BCUT2D eigenvalue weighted by molar-refractivity contribution is 0.0946. The van der Waals surface area contributed by atoms with Crippen molar-refractivity contribution in [1.29, 1.82) is 0 Å². The van der Waals surface area contributed by atoms with Crippen molar-refractivity contribution in [2.45, 2.75) is 43.8 Å². The van der Waals surface area contributed by atoms with Gasteiger partial charge in [-0.3, -0.25) is 4.79 Å². The third-order valence-corrected chi connectivity index (χ3v) is 6.25. The summed E-state index contributed by atoms with van der Waals surface area (Å²) < 4.78 is 1.10. The number of benzene rings is 1. The minimum absolute atomic E-state index is 0.0274. The first-order valence-electron chi connectivity index (χ1n) is 7.16. The number of carbonyl (C=O) groups excluding carboxylic acids is 1. The number of aryl methyl sites for hydroxylation is 1. The summed E-state index contributed by atoms with van der Waals surface area (Å²) in [5.74, 6) is 0.0274. The highest BCUT2D eigenvalue weighted by molar-refractivity contribution is 9.10. The smallest absolute Gasteiger partial charge is 0.252 e. The van der Waals surface area contributed by atoms with E-state index >= 15 is 0 Å². The number of amides is 1. The molecule has 1 N–H and O–H groups in total. The van der Waals surface area contributed by atoms with Gasteiger partial charge < -0.3 is 5.32 Å². The molecule has 0 aliphatic heterocycles. The molecule has 1 fully saturated rings. The maximum absolute atomic E-state index is 12.4. The van der Waals surface area contributed by atoms with Crippen LogP contribution in [0.15, 0.2) is 22.7 Å². The van der Waals surface area contributed by atoms with Gasteiger partial charge in [-0.15, -0.1) is 0 Å². The number of halogens is 1. The second-order valence-electron chi connectivity index (χ2n) is 5.61. The van der Waals surface area contributed by atoms with E-state index in [4.69, 9.17) is 0 Å². The topological polar surface area (TPSA) is 29.1 Å². The fourth-order valence-electron chi connectivity index (χ4n) is 2.80. The zero-order chi connectivity index (χ0) is 14.6. The largest absolute Gasteiger partial charge is 0.351 e. The van der Waals surface area contributed by atoms with Gasteiger partial charge in [-0.05, 0) is 54.1 Å². The van der Waals surface area contributed by atoms with E-state index in [1.54, 1.807) is 0 Å². The summed E-state index contributed by atoms with van der Waals surface area (Å²) in [5, 5.41) is 3.14. The summed E-state index contributed by atoms with van der Waals surface area (Å²) in [6.07, 6.45) is 8.49. The molecule has 0 spiro atoms. The minimum atomic E-state index is 0.0274. The summed E-state index contributed by atoms with van der Waals surface area (Å²) >= 11 is 5.37. The molecule has 4 heteroatoms. The van der Waals surface area contributed by atoms with E-state index in [1.165, 1.54) is 32.1 Å². The van der Waals surface area contributed by atoms with Crippen molar-refractivity contribution in [3.8, 4) is 0 Å². The molecule has 1 aromatic rings. The predicted octanol–water partition coefficient (Wildman–Crippen LogP) is 4.55. The summed E-state index contributed by atoms with van der Waals surface area (Å²) in [5.41, 5.74) is 1.84. The molecule has 110 valence electrons. The Morgan fingerprint density at radius 2 is 2.05 bits per heavy atom. The van der Waals surface area contributed by atoms with Crippen LogP contribution in [0, 0.1) is 6.92 Å². The molecule has 20 heavy (non-hydrogen) atoms. The van der Waals surface area contributed by atoms with Gasteiger partial charge in [0.2, 0.25) is 0 Å². The van der Waals surface area contributed by atoms with Crippen LogP contribution in [0.3, 0.4) is 0 Å². The highest BCUT2D eigenvalue weighted by Gasteiger charge is 2.31. The van der Waals surface area contributed by atoms with E-state index in [1.807, 2.05) is 36.9 Å². The van der Waals surface area contributed by atoms with Crippen molar-refractivity contribution in [3.63, 3.8) is 0 Å². The quantitative estimate of drug-likeness (QED) is 0.857. The van der Waals surface area contributed by atoms with Gasteiger partial charge in [0.25, 0.3) is 5.91 Å². The normalized spacial score (nSPS) is 17.8. The molecule has 0 heterocycles. The third kappa shape index (κ3) is 3.79. The standard InChI is InChI=1S/C16H22BrNOS/c1-12-6-7-14(17)13(10-12)15(19)18-11-16(20-2)8-4-3-5-9-16/h6-7,10H,3-5,8-9,11H2,1-2H3,(H,18,19). The first-order valence-corrected chi connectivity index (χ1v) is 9.18. The monoisotopic (exact) mass is 355 g/mol. The van der Waals surface area contributed by atoms with Crippen molar-refractivity contribution < 1.29 is 4.79 Å². The van der Waals surface area contributed by atoms with Crippen molar-refractivity contribution in [1.82, 2.24) is 5.32 Å². The van der Waals surface area contributed by atoms with Crippen molar-refractivity contribution in [2.24, 2.45) is 0 Å². The molecule has 0 aromatic heterocycles. The summed E-state index contributed by atoms with van der Waals surface area (Å²) in [7, 11) is 0. The Hall–Kier alpha value is -0.480. The number of carbonyl (C=O) groups is 1. The van der Waals surface area contributed by atoms with Crippen LogP contribution in [0.4, 0.5) is 0 Å². The molecule has 2 rings (SSSR count). The molecule has 1 aliphatic rings. The maximum atomic E-state index is 12.4. The zero-order valence-corrected chi connectivity index (χ0v) is 14.6. The maximum Gasteiger partial charge on any atom is 0.252 e. The summed E-state index contributed by atoms with van der Waals surface area (Å²) in [6, 6.07) is 5.88. The van der Waals surface area contributed by atoms with E-state index in [0.717, 1.165) is 22.1 Å². The molecule has 0 bridgehead atoms. The second-order valence-corrected chi connectivity index (χ2v) is 7.74. The molecule has 0 atom stereocenters. The molecule has 2 nitrogen and oxygen atoms in total. The van der Waals surface area contributed by atoms with Gasteiger partial charge in [0, 0.05) is 15.8 Å². The SMILES string of the molecule is CSC1(CNC(=O)c2cc(C)ccc2Br)CCCCC1.